The number of nitrogens with one attached hydrogen (secondary N) is 1. The lowest BCUT2D eigenvalue weighted by molar-refractivity contribution is 0.00749. The van der Waals surface area contributed by atoms with Crippen LogP contribution in [0.15, 0.2) is 24.3 Å². The van der Waals surface area contributed by atoms with Crippen molar-refractivity contribution in [1.82, 2.24) is 0 Å². The molecular weight excluding hydrogens is 254 g/mol. The quantitative estimate of drug-likeness (QED) is 0.612. The number of hydrogen-bond acceptors (Lipinski definition) is 4. The van der Waals surface area contributed by atoms with Crippen LogP contribution in [-0.4, -0.2) is 44.2 Å². The molecule has 0 saturated carbocycles. The Hall–Kier alpha value is -1.10. The number of ether oxygens (including phenoxy) is 2. The van der Waals surface area contributed by atoms with Gasteiger partial charge in [-0.2, -0.15) is 0 Å². The van der Waals surface area contributed by atoms with E-state index in [1.807, 2.05) is 24.3 Å². The summed E-state index contributed by atoms with van der Waals surface area (Å²) in [6.07, 6.45) is 1.72. The van der Waals surface area contributed by atoms with Gasteiger partial charge in [-0.1, -0.05) is 31.0 Å². The molecule has 0 aliphatic carbocycles. The molecule has 1 atom stereocenters. The van der Waals surface area contributed by atoms with Crippen LogP contribution in [0.3, 0.4) is 0 Å². The summed E-state index contributed by atoms with van der Waals surface area (Å²) in [6, 6.07) is 8.09. The lowest BCUT2D eigenvalue weighted by Crippen LogP contribution is -2.25. The lowest BCUT2D eigenvalue weighted by Gasteiger charge is -2.13. The van der Waals surface area contributed by atoms with Crippen LogP contribution in [0.5, 0.6) is 0 Å². The first-order valence-electron chi connectivity index (χ1n) is 7.36. The molecule has 2 N–H and O–H groups in total. The van der Waals surface area contributed by atoms with Crippen molar-refractivity contribution < 1.29 is 14.6 Å². The zero-order chi connectivity index (χ0) is 14.6. The Bertz CT molecular complexity index is 340. The first kappa shape index (κ1) is 17.0. The first-order chi connectivity index (χ1) is 9.72. The molecule has 0 aliphatic rings. The third-order valence-corrected chi connectivity index (χ3v) is 2.92. The maximum absolute atomic E-state index is 9.78. The number of aryl methyl sites for hydroxylation is 1. The molecule has 0 bridgehead atoms. The summed E-state index contributed by atoms with van der Waals surface area (Å²) in [4.78, 5) is 0. The van der Waals surface area contributed by atoms with Gasteiger partial charge in [0.15, 0.2) is 0 Å². The number of unbranched alkanes of at least 4 members (excludes halogenated alkanes) is 1. The topological polar surface area (TPSA) is 50.7 Å². The van der Waals surface area contributed by atoms with Gasteiger partial charge in [-0.25, -0.2) is 0 Å². The van der Waals surface area contributed by atoms with Gasteiger partial charge in [0.25, 0.3) is 0 Å². The van der Waals surface area contributed by atoms with E-state index in [9.17, 15) is 5.11 Å². The Labute approximate surface area is 122 Å². The first-order valence-corrected chi connectivity index (χ1v) is 7.36. The van der Waals surface area contributed by atoms with E-state index >= 15 is 0 Å². The number of aliphatic hydroxyl groups excluding tert-OH is 1. The van der Waals surface area contributed by atoms with Gasteiger partial charge in [0.1, 0.15) is 0 Å². The number of hydrogen-bond donors (Lipinski definition) is 2. The maximum atomic E-state index is 9.78. The average Bonchev–Trinajstić information content (AvgIpc) is 2.46. The molecule has 4 heteroatoms. The molecule has 0 aliphatic heterocycles. The van der Waals surface area contributed by atoms with Crippen LogP contribution < -0.4 is 5.32 Å². The van der Waals surface area contributed by atoms with Crippen LogP contribution in [0.25, 0.3) is 0 Å². The van der Waals surface area contributed by atoms with Crippen molar-refractivity contribution in [1.29, 1.82) is 0 Å². The summed E-state index contributed by atoms with van der Waals surface area (Å²) in [5.74, 6) is 0. The Balaban J connectivity index is 2.00. The number of benzene rings is 1. The van der Waals surface area contributed by atoms with Gasteiger partial charge < -0.3 is 19.9 Å². The highest BCUT2D eigenvalue weighted by atomic mass is 16.5. The highest BCUT2D eigenvalue weighted by molar-refractivity contribution is 5.44. The normalized spacial score (nSPS) is 12.3. The summed E-state index contributed by atoms with van der Waals surface area (Å²) in [7, 11) is 0. The fourth-order valence-electron chi connectivity index (χ4n) is 1.65. The van der Waals surface area contributed by atoms with Crippen molar-refractivity contribution in [2.24, 2.45) is 0 Å². The van der Waals surface area contributed by atoms with Crippen LogP contribution in [0.4, 0.5) is 5.69 Å². The van der Waals surface area contributed by atoms with Gasteiger partial charge in [0, 0.05) is 18.8 Å². The molecule has 0 amide bonds. The van der Waals surface area contributed by atoms with Crippen LogP contribution >= 0.6 is 0 Å². The third-order valence-electron chi connectivity index (χ3n) is 2.92. The summed E-state index contributed by atoms with van der Waals surface area (Å²) >= 11 is 0. The molecule has 1 aromatic rings. The summed E-state index contributed by atoms with van der Waals surface area (Å²) in [5.41, 5.74) is 2.24. The molecule has 0 radical (unpaired) electrons. The third kappa shape index (κ3) is 8.15. The minimum absolute atomic E-state index is 0.329. The average molecular weight is 281 g/mol. The highest BCUT2D eigenvalue weighted by Gasteiger charge is 2.03. The molecule has 0 fully saturated rings. The van der Waals surface area contributed by atoms with Crippen molar-refractivity contribution >= 4 is 5.69 Å². The zero-order valence-electron chi connectivity index (χ0n) is 12.6. The van der Waals surface area contributed by atoms with Gasteiger partial charge in [-0.05, 0) is 25.5 Å². The van der Waals surface area contributed by atoms with Gasteiger partial charge in [0.2, 0.25) is 0 Å². The Morgan fingerprint density at radius 1 is 1.10 bits per heavy atom. The van der Waals surface area contributed by atoms with E-state index in [2.05, 4.69) is 19.2 Å². The second kappa shape index (κ2) is 10.7. The fourth-order valence-corrected chi connectivity index (χ4v) is 1.65. The van der Waals surface area contributed by atoms with Crippen LogP contribution in [0.2, 0.25) is 0 Å². The van der Waals surface area contributed by atoms with Crippen LogP contribution in [0.1, 0.15) is 25.3 Å². The second-order valence-corrected chi connectivity index (χ2v) is 4.94. The van der Waals surface area contributed by atoms with Gasteiger partial charge >= 0.3 is 0 Å². The fraction of sp³-hybridized carbons (Fsp3) is 0.625. The Morgan fingerprint density at radius 2 is 1.80 bits per heavy atom. The predicted octanol–water partition coefficient (Wildman–Crippen LogP) is 2.60. The van der Waals surface area contributed by atoms with Crippen molar-refractivity contribution in [3.8, 4) is 0 Å². The molecule has 0 heterocycles. The van der Waals surface area contributed by atoms with Crippen molar-refractivity contribution in [2.75, 3.05) is 38.3 Å². The van der Waals surface area contributed by atoms with E-state index in [1.54, 1.807) is 0 Å². The lowest BCUT2D eigenvalue weighted by atomic mass is 10.2. The van der Waals surface area contributed by atoms with Crippen molar-refractivity contribution in [3.05, 3.63) is 29.8 Å². The van der Waals surface area contributed by atoms with Crippen LogP contribution in [-0.2, 0) is 9.47 Å². The Kier molecular flexibility index (Phi) is 9.04. The number of anilines is 1. The molecule has 1 aromatic carbocycles. The van der Waals surface area contributed by atoms with Crippen molar-refractivity contribution in [2.45, 2.75) is 32.8 Å². The van der Waals surface area contributed by atoms with Gasteiger partial charge in [-0.15, -0.1) is 0 Å². The van der Waals surface area contributed by atoms with Crippen LogP contribution in [0, 0.1) is 6.92 Å². The molecular formula is C16H27NO3. The van der Waals surface area contributed by atoms with E-state index < -0.39 is 6.10 Å². The van der Waals surface area contributed by atoms with E-state index in [0.717, 1.165) is 25.1 Å². The molecule has 0 saturated heterocycles. The van der Waals surface area contributed by atoms with Gasteiger partial charge in [0.05, 0.1) is 25.9 Å². The molecule has 0 spiro atoms. The zero-order valence-corrected chi connectivity index (χ0v) is 12.6. The smallest absolute Gasteiger partial charge is 0.0945 e. The summed E-state index contributed by atoms with van der Waals surface area (Å²) in [6.45, 7) is 6.92. The largest absolute Gasteiger partial charge is 0.389 e. The van der Waals surface area contributed by atoms with E-state index in [1.165, 1.54) is 5.56 Å². The molecule has 1 rings (SSSR count). The van der Waals surface area contributed by atoms with Gasteiger partial charge in [-0.3, -0.25) is 0 Å². The minimum atomic E-state index is -0.507. The molecule has 4 nitrogen and oxygen atoms in total. The molecule has 20 heavy (non-hydrogen) atoms. The second-order valence-electron chi connectivity index (χ2n) is 4.94. The van der Waals surface area contributed by atoms with E-state index in [-0.39, 0.29) is 0 Å². The molecule has 0 aromatic heterocycles. The maximum Gasteiger partial charge on any atom is 0.0945 e. The SMILES string of the molecule is CCCCOCCOCC(O)CNc1ccc(C)cc1. The molecule has 1 unspecified atom stereocenters. The summed E-state index contributed by atoms with van der Waals surface area (Å²) in [5, 5.41) is 13.0. The number of rotatable bonds is 11. The van der Waals surface area contributed by atoms with E-state index in [4.69, 9.17) is 9.47 Å². The number of aliphatic hydroxyl groups is 1. The van der Waals surface area contributed by atoms with E-state index in [0.29, 0.717) is 26.4 Å². The van der Waals surface area contributed by atoms with Crippen molar-refractivity contribution in [3.63, 3.8) is 0 Å². The standard InChI is InChI=1S/C16H27NO3/c1-3-4-9-19-10-11-20-13-16(18)12-17-15-7-5-14(2)6-8-15/h5-8,16-18H,3-4,9-13H2,1-2H3. The minimum Gasteiger partial charge on any atom is -0.389 e. The monoisotopic (exact) mass is 281 g/mol. The summed E-state index contributed by atoms with van der Waals surface area (Å²) < 4.78 is 10.7. The highest BCUT2D eigenvalue weighted by Crippen LogP contribution is 2.08. The Morgan fingerprint density at radius 3 is 2.50 bits per heavy atom. The molecule has 114 valence electrons. The predicted molar refractivity (Wildman–Crippen MR) is 82.2 cm³/mol.